The fourth-order valence-electron chi connectivity index (χ4n) is 3.31. The van der Waals surface area contributed by atoms with Crippen LogP contribution in [0.5, 0.6) is 0 Å². The highest BCUT2D eigenvalue weighted by molar-refractivity contribution is 5.78. The van der Waals surface area contributed by atoms with Crippen molar-refractivity contribution >= 4 is 10.9 Å². The van der Waals surface area contributed by atoms with Crippen molar-refractivity contribution in [2.24, 2.45) is 0 Å². The molecule has 0 bridgehead atoms. The molecule has 5 aromatic rings. The summed E-state index contributed by atoms with van der Waals surface area (Å²) >= 11 is 0. The molecule has 2 aromatic carbocycles. The molecule has 0 aliphatic heterocycles. The number of aromatic nitrogens is 3. The first-order valence-electron chi connectivity index (χ1n) is 9.31. The summed E-state index contributed by atoms with van der Waals surface area (Å²) in [5, 5.41) is 0.789. The van der Waals surface area contributed by atoms with Gasteiger partial charge in [0.25, 0.3) is 5.56 Å². The molecule has 0 atom stereocenters. The van der Waals surface area contributed by atoms with Gasteiger partial charge in [-0.15, -0.1) is 0 Å². The molecule has 5 rings (SSSR count). The third kappa shape index (κ3) is 3.02. The fourth-order valence-corrected chi connectivity index (χ4v) is 3.31. The molecule has 0 spiro atoms. The van der Waals surface area contributed by atoms with Crippen LogP contribution in [0.2, 0.25) is 0 Å². The number of nitrogens with zero attached hydrogens (tertiary/aromatic N) is 3. The van der Waals surface area contributed by atoms with Gasteiger partial charge in [0.1, 0.15) is 5.52 Å². The van der Waals surface area contributed by atoms with E-state index in [2.05, 4.69) is 9.97 Å². The van der Waals surface area contributed by atoms with Gasteiger partial charge in [0.05, 0.1) is 0 Å². The molecule has 3 heterocycles. The van der Waals surface area contributed by atoms with Gasteiger partial charge < -0.3 is 4.42 Å². The second-order valence-electron chi connectivity index (χ2n) is 6.84. The molecule has 5 nitrogen and oxygen atoms in total. The van der Waals surface area contributed by atoms with Crippen LogP contribution in [-0.4, -0.2) is 14.5 Å². The second kappa shape index (κ2) is 6.87. The van der Waals surface area contributed by atoms with Gasteiger partial charge in [-0.25, -0.2) is 0 Å². The van der Waals surface area contributed by atoms with E-state index in [1.165, 1.54) is 4.57 Å². The van der Waals surface area contributed by atoms with E-state index < -0.39 is 0 Å². The third-order valence-corrected chi connectivity index (χ3v) is 4.84. The van der Waals surface area contributed by atoms with Gasteiger partial charge in [-0.1, -0.05) is 54.1 Å². The number of hydrogen-bond donors (Lipinski definition) is 0. The van der Waals surface area contributed by atoms with Crippen LogP contribution in [-0.2, 0) is 0 Å². The first kappa shape index (κ1) is 17.1. The molecular formula is C24H17N3O2. The number of rotatable bonds is 3. The largest absolute Gasteiger partial charge is 0.434 e. The molecule has 0 saturated carbocycles. The minimum atomic E-state index is -0.232. The maximum absolute atomic E-state index is 13.1. The lowest BCUT2D eigenvalue weighted by Crippen LogP contribution is -2.19. The average Bonchev–Trinajstić information content (AvgIpc) is 3.20. The highest BCUT2D eigenvalue weighted by atomic mass is 16.4. The van der Waals surface area contributed by atoms with E-state index in [0.29, 0.717) is 23.0 Å². The minimum absolute atomic E-state index is 0.232. The zero-order chi connectivity index (χ0) is 19.8. The smallest absolute Gasteiger partial charge is 0.282 e. The molecular weight excluding hydrogens is 362 g/mol. The summed E-state index contributed by atoms with van der Waals surface area (Å²) in [7, 11) is 0. The molecule has 0 radical (unpaired) electrons. The predicted octanol–water partition coefficient (Wildman–Crippen LogP) is 5.02. The lowest BCUT2D eigenvalue weighted by atomic mass is 10.1. The molecule has 5 heteroatoms. The molecule has 0 unspecified atom stereocenters. The molecule has 3 aromatic heterocycles. The highest BCUT2D eigenvalue weighted by Crippen LogP contribution is 2.32. The maximum Gasteiger partial charge on any atom is 0.282 e. The van der Waals surface area contributed by atoms with E-state index in [-0.39, 0.29) is 5.56 Å². The SMILES string of the molecule is Cc1ccc(-c2oc(-c3ccccc3)nc2-n2ccc3cccnc3c2=O)cc1. The average molecular weight is 379 g/mol. The van der Waals surface area contributed by atoms with Crippen molar-refractivity contribution < 1.29 is 4.42 Å². The van der Waals surface area contributed by atoms with Crippen molar-refractivity contribution in [3.8, 4) is 28.6 Å². The normalized spacial score (nSPS) is 11.1. The first-order valence-corrected chi connectivity index (χ1v) is 9.31. The molecule has 29 heavy (non-hydrogen) atoms. The lowest BCUT2D eigenvalue weighted by Gasteiger charge is -2.06. The number of pyridine rings is 2. The summed E-state index contributed by atoms with van der Waals surface area (Å²) in [6.45, 7) is 2.03. The van der Waals surface area contributed by atoms with E-state index >= 15 is 0 Å². The number of benzene rings is 2. The Morgan fingerprint density at radius 3 is 2.45 bits per heavy atom. The Labute approximate surface area is 166 Å². The van der Waals surface area contributed by atoms with Crippen molar-refractivity contribution in [3.05, 3.63) is 101 Å². The van der Waals surface area contributed by atoms with Gasteiger partial charge in [-0.2, -0.15) is 4.98 Å². The Hall–Kier alpha value is -3.99. The highest BCUT2D eigenvalue weighted by Gasteiger charge is 2.19. The van der Waals surface area contributed by atoms with Crippen LogP contribution in [0.3, 0.4) is 0 Å². The van der Waals surface area contributed by atoms with Gasteiger partial charge in [-0.05, 0) is 31.2 Å². The van der Waals surface area contributed by atoms with Crippen LogP contribution in [0.4, 0.5) is 0 Å². The standard InChI is InChI=1S/C24H17N3O2/c1-16-9-11-18(12-10-16)21-22(26-23(29-21)19-6-3-2-4-7-19)27-15-13-17-8-5-14-25-20(17)24(27)28/h2-15H,1H3. The topological polar surface area (TPSA) is 60.9 Å². The summed E-state index contributed by atoms with van der Waals surface area (Å²) in [5.74, 6) is 1.45. The number of fused-ring (bicyclic) bond motifs is 1. The van der Waals surface area contributed by atoms with Crippen LogP contribution < -0.4 is 5.56 Å². The fraction of sp³-hybridized carbons (Fsp3) is 0.0417. The summed E-state index contributed by atoms with van der Waals surface area (Å²) in [5.41, 5.74) is 3.01. The summed E-state index contributed by atoms with van der Waals surface area (Å²) in [6, 6.07) is 23.2. The Bertz CT molecular complexity index is 1370. The zero-order valence-corrected chi connectivity index (χ0v) is 15.7. The first-order chi connectivity index (χ1) is 14.2. The lowest BCUT2D eigenvalue weighted by molar-refractivity contribution is 0.588. The Morgan fingerprint density at radius 1 is 0.862 bits per heavy atom. The van der Waals surface area contributed by atoms with Gasteiger partial charge in [0, 0.05) is 28.9 Å². The van der Waals surface area contributed by atoms with Gasteiger partial charge >= 0.3 is 0 Å². The molecule has 0 aliphatic carbocycles. The maximum atomic E-state index is 13.1. The summed E-state index contributed by atoms with van der Waals surface area (Å²) in [4.78, 5) is 22.1. The van der Waals surface area contributed by atoms with Crippen molar-refractivity contribution in [3.63, 3.8) is 0 Å². The van der Waals surface area contributed by atoms with E-state index in [4.69, 9.17) is 4.42 Å². The van der Waals surface area contributed by atoms with E-state index in [1.807, 2.05) is 79.7 Å². The van der Waals surface area contributed by atoms with Crippen molar-refractivity contribution in [2.75, 3.05) is 0 Å². The van der Waals surface area contributed by atoms with Crippen LogP contribution >= 0.6 is 0 Å². The van der Waals surface area contributed by atoms with E-state index in [0.717, 1.165) is 22.1 Å². The number of hydrogen-bond acceptors (Lipinski definition) is 4. The van der Waals surface area contributed by atoms with Crippen molar-refractivity contribution in [1.82, 2.24) is 14.5 Å². The quantitative estimate of drug-likeness (QED) is 0.442. The molecule has 0 aliphatic rings. The van der Waals surface area contributed by atoms with Crippen LogP contribution in [0, 0.1) is 6.92 Å². The molecule has 0 saturated heterocycles. The van der Waals surface area contributed by atoms with Crippen molar-refractivity contribution in [2.45, 2.75) is 6.92 Å². The number of oxazole rings is 1. The Kier molecular flexibility index (Phi) is 4.06. The Balaban J connectivity index is 1.77. The summed E-state index contributed by atoms with van der Waals surface area (Å²) in [6.07, 6.45) is 3.34. The zero-order valence-electron chi connectivity index (χ0n) is 15.7. The minimum Gasteiger partial charge on any atom is -0.434 e. The van der Waals surface area contributed by atoms with Crippen LogP contribution in [0.25, 0.3) is 39.5 Å². The van der Waals surface area contributed by atoms with Crippen LogP contribution in [0.1, 0.15) is 5.56 Å². The molecule has 0 amide bonds. The van der Waals surface area contributed by atoms with Crippen molar-refractivity contribution in [1.29, 1.82) is 0 Å². The third-order valence-electron chi connectivity index (χ3n) is 4.84. The second-order valence-corrected chi connectivity index (χ2v) is 6.84. The van der Waals surface area contributed by atoms with Gasteiger partial charge in [-0.3, -0.25) is 14.3 Å². The molecule has 0 N–H and O–H groups in total. The van der Waals surface area contributed by atoms with Crippen LogP contribution in [0.15, 0.2) is 94.4 Å². The van der Waals surface area contributed by atoms with Gasteiger partial charge in [0.2, 0.25) is 5.89 Å². The van der Waals surface area contributed by atoms with E-state index in [1.54, 1.807) is 12.4 Å². The molecule has 140 valence electrons. The van der Waals surface area contributed by atoms with Gasteiger partial charge in [0.15, 0.2) is 11.6 Å². The number of aryl methyl sites for hydroxylation is 1. The monoisotopic (exact) mass is 379 g/mol. The summed E-state index contributed by atoms with van der Waals surface area (Å²) < 4.78 is 7.66. The van der Waals surface area contributed by atoms with E-state index in [9.17, 15) is 4.79 Å². The Morgan fingerprint density at radius 2 is 1.66 bits per heavy atom. The predicted molar refractivity (Wildman–Crippen MR) is 113 cm³/mol. The molecule has 0 fully saturated rings.